The average molecular weight is 675 g/mol. The number of para-hydroxylation sites is 1. The van der Waals surface area contributed by atoms with Crippen molar-refractivity contribution in [2.24, 2.45) is 0 Å². The van der Waals surface area contributed by atoms with Gasteiger partial charge in [0.15, 0.2) is 0 Å². The van der Waals surface area contributed by atoms with E-state index in [-0.39, 0.29) is 0 Å². The normalized spacial score (nSPS) is 12.7. The first-order valence-corrected chi connectivity index (χ1v) is 18.2. The molecule has 1 aliphatic carbocycles. The van der Waals surface area contributed by atoms with Crippen molar-refractivity contribution in [1.82, 2.24) is 9.97 Å². The maximum Gasteiger partial charge on any atom is 0.0900 e. The van der Waals surface area contributed by atoms with Gasteiger partial charge in [0.05, 0.1) is 22.3 Å². The molecular weight excluding hydrogens is 641 g/mol. The molecule has 0 saturated heterocycles. The Labute approximate surface area is 309 Å². The topological polar surface area (TPSA) is 25.8 Å². The van der Waals surface area contributed by atoms with Gasteiger partial charge in [-0.3, -0.25) is 4.98 Å². The predicted molar refractivity (Wildman–Crippen MR) is 219 cm³/mol. The van der Waals surface area contributed by atoms with Crippen molar-refractivity contribution in [2.75, 3.05) is 0 Å². The van der Waals surface area contributed by atoms with E-state index in [4.69, 9.17) is 4.98 Å². The van der Waals surface area contributed by atoms with Gasteiger partial charge in [0.2, 0.25) is 0 Å². The zero-order valence-electron chi connectivity index (χ0n) is 29.0. The molecule has 0 aliphatic heterocycles. The van der Waals surface area contributed by atoms with Crippen molar-refractivity contribution < 1.29 is 0 Å². The molecule has 2 heterocycles. The Balaban J connectivity index is 1.06. The van der Waals surface area contributed by atoms with Crippen molar-refractivity contribution in [1.29, 1.82) is 0 Å². The number of hydrogen-bond donors (Lipinski definition) is 0. The van der Waals surface area contributed by atoms with E-state index in [2.05, 4.69) is 181 Å². The minimum Gasteiger partial charge on any atom is -0.255 e. The molecule has 2 nitrogen and oxygen atoms in total. The number of pyridine rings is 2. The van der Waals surface area contributed by atoms with Crippen LogP contribution in [0.5, 0.6) is 0 Å². The smallest absolute Gasteiger partial charge is 0.0900 e. The maximum absolute atomic E-state index is 4.95. The Kier molecular flexibility index (Phi) is 7.40. The van der Waals surface area contributed by atoms with Crippen LogP contribution in [0.2, 0.25) is 0 Å². The fourth-order valence-electron chi connectivity index (χ4n) is 8.40. The second kappa shape index (κ2) is 12.7. The van der Waals surface area contributed by atoms with Crippen molar-refractivity contribution >= 4 is 10.9 Å². The number of benzene rings is 7. The molecule has 0 fully saturated rings. The summed E-state index contributed by atoms with van der Waals surface area (Å²) in [7, 11) is 0. The summed E-state index contributed by atoms with van der Waals surface area (Å²) in [4.78, 5) is 9.53. The van der Waals surface area contributed by atoms with Crippen molar-refractivity contribution in [3.63, 3.8) is 0 Å². The lowest BCUT2D eigenvalue weighted by Crippen LogP contribution is -2.28. The third-order valence-electron chi connectivity index (χ3n) is 10.8. The predicted octanol–water partition coefficient (Wildman–Crippen LogP) is 12.7. The summed E-state index contributed by atoms with van der Waals surface area (Å²) in [6.07, 6.45) is 1.82. The first kappa shape index (κ1) is 30.9. The van der Waals surface area contributed by atoms with Crippen LogP contribution in [0.3, 0.4) is 0 Å². The summed E-state index contributed by atoms with van der Waals surface area (Å²) in [6, 6.07) is 72.3. The fourth-order valence-corrected chi connectivity index (χ4v) is 8.40. The summed E-state index contributed by atoms with van der Waals surface area (Å²) in [5, 5.41) is 1.13. The Morgan fingerprint density at radius 2 is 0.943 bits per heavy atom. The third kappa shape index (κ3) is 5.11. The third-order valence-corrected chi connectivity index (χ3v) is 10.8. The first-order chi connectivity index (χ1) is 26.3. The zero-order valence-corrected chi connectivity index (χ0v) is 29.0. The lowest BCUT2D eigenvalue weighted by Gasteiger charge is -2.34. The van der Waals surface area contributed by atoms with Crippen LogP contribution in [0.15, 0.2) is 206 Å². The Morgan fingerprint density at radius 1 is 0.340 bits per heavy atom. The highest BCUT2D eigenvalue weighted by atomic mass is 14.8. The van der Waals surface area contributed by atoms with Crippen LogP contribution in [0.1, 0.15) is 22.3 Å². The number of fused-ring (bicyclic) bond motifs is 4. The van der Waals surface area contributed by atoms with Gasteiger partial charge >= 0.3 is 0 Å². The summed E-state index contributed by atoms with van der Waals surface area (Å²) in [6.45, 7) is 0. The molecule has 2 aromatic heterocycles. The van der Waals surface area contributed by atoms with Crippen molar-refractivity contribution in [3.05, 3.63) is 229 Å². The SMILES string of the molecule is c1ccc(C2(c3ccccc3)c3ccccc3-c3ccc(-c4cccc(-c5ccc(-c6cc(-c7ccccn7)nc7ccccc67)cc5)c4)cc32)cc1. The number of aromatic nitrogens is 2. The average Bonchev–Trinajstić information content (AvgIpc) is 3.55. The van der Waals surface area contributed by atoms with Gasteiger partial charge in [0.25, 0.3) is 0 Å². The second-order valence-corrected chi connectivity index (χ2v) is 13.7. The van der Waals surface area contributed by atoms with Gasteiger partial charge in [0.1, 0.15) is 0 Å². The van der Waals surface area contributed by atoms with Crippen LogP contribution in [0, 0.1) is 0 Å². The summed E-state index contributed by atoms with van der Waals surface area (Å²) < 4.78 is 0. The minimum absolute atomic E-state index is 0.425. The van der Waals surface area contributed by atoms with Gasteiger partial charge in [-0.15, -0.1) is 0 Å². The van der Waals surface area contributed by atoms with E-state index in [0.717, 1.165) is 33.4 Å². The van der Waals surface area contributed by atoms with Crippen LogP contribution in [-0.4, -0.2) is 9.97 Å². The molecule has 248 valence electrons. The van der Waals surface area contributed by atoms with E-state index in [1.54, 1.807) is 0 Å². The van der Waals surface area contributed by atoms with E-state index in [0.29, 0.717) is 0 Å². The number of nitrogens with zero attached hydrogens (tertiary/aromatic N) is 2. The van der Waals surface area contributed by atoms with Gasteiger partial charge < -0.3 is 0 Å². The summed E-state index contributed by atoms with van der Waals surface area (Å²) in [5.41, 5.74) is 17.1. The lowest BCUT2D eigenvalue weighted by molar-refractivity contribution is 0.769. The Morgan fingerprint density at radius 3 is 1.70 bits per heavy atom. The number of rotatable bonds is 6. The molecule has 0 saturated carbocycles. The largest absolute Gasteiger partial charge is 0.255 e. The number of hydrogen-bond acceptors (Lipinski definition) is 2. The van der Waals surface area contributed by atoms with Gasteiger partial charge in [0, 0.05) is 11.6 Å². The Hall–Kier alpha value is -6.90. The van der Waals surface area contributed by atoms with Crippen LogP contribution in [0.25, 0.3) is 66.8 Å². The van der Waals surface area contributed by atoms with Crippen LogP contribution in [-0.2, 0) is 5.41 Å². The highest BCUT2D eigenvalue weighted by Crippen LogP contribution is 2.56. The quantitative estimate of drug-likeness (QED) is 0.175. The highest BCUT2D eigenvalue weighted by Gasteiger charge is 2.46. The van der Waals surface area contributed by atoms with E-state index >= 15 is 0 Å². The highest BCUT2D eigenvalue weighted by molar-refractivity contribution is 5.97. The van der Waals surface area contributed by atoms with Crippen molar-refractivity contribution in [3.8, 4) is 55.9 Å². The fraction of sp³-hybridized carbons (Fsp3) is 0.0196. The zero-order chi connectivity index (χ0) is 35.2. The van der Waals surface area contributed by atoms with Gasteiger partial charge in [-0.05, 0) is 103 Å². The molecule has 0 amide bonds. The molecule has 10 rings (SSSR count). The molecule has 0 radical (unpaired) electrons. The summed E-state index contributed by atoms with van der Waals surface area (Å²) >= 11 is 0. The standard InChI is InChI=1S/C51H34N2/c1-3-16-40(17-4-1)51(41-18-5-2-6-19-41)46-22-9-7-20-42(46)43-30-29-39(33-47(43)51)38-15-13-14-37(32-38)35-25-27-36(28-26-35)45-34-50(49-24-11-12-31-52-49)53-48-23-10-8-21-44(45)48/h1-34H. The van der Waals surface area contributed by atoms with Crippen LogP contribution >= 0.6 is 0 Å². The molecule has 0 atom stereocenters. The lowest BCUT2D eigenvalue weighted by atomic mass is 9.67. The molecule has 0 N–H and O–H groups in total. The second-order valence-electron chi connectivity index (χ2n) is 13.7. The van der Waals surface area contributed by atoms with Gasteiger partial charge in [-0.25, -0.2) is 4.98 Å². The van der Waals surface area contributed by atoms with Gasteiger partial charge in [-0.1, -0.05) is 164 Å². The van der Waals surface area contributed by atoms with E-state index in [1.165, 1.54) is 55.6 Å². The monoisotopic (exact) mass is 674 g/mol. The van der Waals surface area contributed by atoms with Crippen LogP contribution in [0.4, 0.5) is 0 Å². The van der Waals surface area contributed by atoms with Crippen molar-refractivity contribution in [2.45, 2.75) is 5.41 Å². The first-order valence-electron chi connectivity index (χ1n) is 18.2. The van der Waals surface area contributed by atoms with Gasteiger partial charge in [-0.2, -0.15) is 0 Å². The molecule has 0 spiro atoms. The van der Waals surface area contributed by atoms with Crippen LogP contribution < -0.4 is 0 Å². The molecular formula is C51H34N2. The molecule has 0 unspecified atom stereocenters. The molecule has 7 aromatic carbocycles. The van der Waals surface area contributed by atoms with E-state index in [9.17, 15) is 0 Å². The molecule has 1 aliphatic rings. The minimum atomic E-state index is -0.425. The van der Waals surface area contributed by atoms with E-state index in [1.807, 2.05) is 30.5 Å². The summed E-state index contributed by atoms with van der Waals surface area (Å²) in [5.74, 6) is 0. The molecule has 2 heteroatoms. The molecule has 53 heavy (non-hydrogen) atoms. The Bertz CT molecular complexity index is 2710. The maximum atomic E-state index is 4.95. The molecule has 0 bridgehead atoms. The van der Waals surface area contributed by atoms with E-state index < -0.39 is 5.41 Å². The molecule has 9 aromatic rings.